The van der Waals surface area contributed by atoms with E-state index in [1.54, 1.807) is 0 Å². The minimum atomic E-state index is -3.63. The first-order valence-corrected chi connectivity index (χ1v) is 4.31. The van der Waals surface area contributed by atoms with Gasteiger partial charge >= 0.3 is 0 Å². The fraction of sp³-hybridized carbons (Fsp3) is 0.333. The highest BCUT2D eigenvalue weighted by Gasteiger charge is 2.37. The van der Waals surface area contributed by atoms with Gasteiger partial charge in [0.05, 0.1) is 4.92 Å². The third kappa shape index (κ3) is 2.48. The van der Waals surface area contributed by atoms with Crippen LogP contribution < -0.4 is 0 Å². The number of hydrogen-bond donors (Lipinski definition) is 1. The monoisotopic (exact) mass is 235 g/mol. The molecule has 0 bridgehead atoms. The van der Waals surface area contributed by atoms with E-state index in [1.165, 1.54) is 0 Å². The topological polar surface area (TPSA) is 63.4 Å². The molecule has 0 saturated heterocycles. The molecule has 0 spiro atoms. The zero-order valence-corrected chi connectivity index (χ0v) is 7.99. The zero-order valence-electron chi connectivity index (χ0n) is 7.99. The number of hydrogen-bond acceptors (Lipinski definition) is 3. The average Bonchev–Trinajstić information content (AvgIpc) is 2.17. The molecule has 7 heteroatoms. The summed E-state index contributed by atoms with van der Waals surface area (Å²) >= 11 is 0. The highest BCUT2D eigenvalue weighted by molar-refractivity contribution is 5.43. The van der Waals surface area contributed by atoms with E-state index in [1.807, 2.05) is 0 Å². The predicted molar refractivity (Wildman–Crippen MR) is 48.7 cm³/mol. The Hall–Kier alpha value is -1.63. The van der Waals surface area contributed by atoms with Gasteiger partial charge in [0.2, 0.25) is 0 Å². The maximum atomic E-state index is 13.3. The maximum Gasteiger partial charge on any atom is 0.282 e. The van der Waals surface area contributed by atoms with Crippen LogP contribution in [0.5, 0.6) is 0 Å². The van der Waals surface area contributed by atoms with Crippen molar-refractivity contribution in [3.8, 4) is 0 Å². The van der Waals surface area contributed by atoms with Crippen molar-refractivity contribution in [2.75, 3.05) is 6.61 Å². The molecule has 1 aromatic carbocycles. The molecule has 1 aromatic rings. The molecule has 0 fully saturated rings. The van der Waals surface area contributed by atoms with Gasteiger partial charge in [0.25, 0.3) is 11.6 Å². The standard InChI is InChI=1S/C9H8F3NO3/c10-6-1-2-8(13(15)16)7(5-6)9(11,12)3-4-14/h1-2,5,14H,3-4H2. The minimum Gasteiger partial charge on any atom is -0.396 e. The Kier molecular flexibility index (Phi) is 3.48. The number of nitro groups is 1. The van der Waals surface area contributed by atoms with E-state index in [-0.39, 0.29) is 0 Å². The summed E-state index contributed by atoms with van der Waals surface area (Å²) in [5.41, 5.74) is -1.88. The van der Waals surface area contributed by atoms with Crippen LogP contribution in [-0.4, -0.2) is 16.6 Å². The Morgan fingerprint density at radius 1 is 1.44 bits per heavy atom. The number of nitrogens with zero attached hydrogens (tertiary/aromatic N) is 1. The molecular weight excluding hydrogens is 227 g/mol. The van der Waals surface area contributed by atoms with E-state index < -0.39 is 40.9 Å². The van der Waals surface area contributed by atoms with Crippen LogP contribution in [0.15, 0.2) is 18.2 Å². The van der Waals surface area contributed by atoms with Gasteiger partial charge in [-0.1, -0.05) is 0 Å². The number of halogens is 3. The fourth-order valence-electron chi connectivity index (χ4n) is 1.24. The summed E-state index contributed by atoms with van der Waals surface area (Å²) in [4.78, 5) is 9.46. The number of aliphatic hydroxyl groups excluding tert-OH is 1. The van der Waals surface area contributed by atoms with Crippen LogP contribution >= 0.6 is 0 Å². The molecule has 0 amide bonds. The van der Waals surface area contributed by atoms with Crippen LogP contribution in [-0.2, 0) is 5.92 Å². The molecular formula is C9H8F3NO3. The SMILES string of the molecule is O=[N+]([O-])c1ccc(F)cc1C(F)(F)CCO. The van der Waals surface area contributed by atoms with E-state index in [0.717, 1.165) is 6.07 Å². The molecule has 0 saturated carbocycles. The Labute approximate surface area is 88.5 Å². The van der Waals surface area contributed by atoms with E-state index >= 15 is 0 Å². The Morgan fingerprint density at radius 2 is 2.06 bits per heavy atom. The minimum absolute atomic E-state index is 0.411. The molecule has 0 atom stereocenters. The van der Waals surface area contributed by atoms with Gasteiger partial charge in [-0.25, -0.2) is 13.2 Å². The summed E-state index contributed by atoms with van der Waals surface area (Å²) in [6, 6.07) is 1.82. The number of nitro benzene ring substituents is 1. The second kappa shape index (κ2) is 4.48. The number of aliphatic hydroxyl groups is 1. The van der Waals surface area contributed by atoms with Crippen molar-refractivity contribution in [1.82, 2.24) is 0 Å². The molecule has 0 heterocycles. The Balaban J connectivity index is 3.29. The highest BCUT2D eigenvalue weighted by Crippen LogP contribution is 2.37. The van der Waals surface area contributed by atoms with Crippen LogP contribution in [0.25, 0.3) is 0 Å². The summed E-state index contributed by atoms with van der Waals surface area (Å²) in [6.45, 7) is -0.847. The maximum absolute atomic E-state index is 13.3. The van der Waals surface area contributed by atoms with E-state index in [4.69, 9.17) is 5.11 Å². The van der Waals surface area contributed by atoms with Gasteiger partial charge in [0.1, 0.15) is 11.4 Å². The molecule has 0 radical (unpaired) electrons. The molecule has 88 valence electrons. The van der Waals surface area contributed by atoms with Gasteiger partial charge in [0.15, 0.2) is 0 Å². The number of alkyl halides is 2. The molecule has 0 aliphatic rings. The lowest BCUT2D eigenvalue weighted by atomic mass is 10.0. The first kappa shape index (κ1) is 12.4. The van der Waals surface area contributed by atoms with Gasteiger partial charge in [-0.3, -0.25) is 10.1 Å². The van der Waals surface area contributed by atoms with Crippen molar-refractivity contribution in [3.63, 3.8) is 0 Å². The molecule has 1 N–H and O–H groups in total. The van der Waals surface area contributed by atoms with Gasteiger partial charge in [-0.15, -0.1) is 0 Å². The first-order valence-electron chi connectivity index (χ1n) is 4.31. The van der Waals surface area contributed by atoms with Gasteiger partial charge in [-0.2, -0.15) is 0 Å². The molecule has 0 unspecified atom stereocenters. The number of benzene rings is 1. The summed E-state index contributed by atoms with van der Waals surface area (Å²) < 4.78 is 39.4. The lowest BCUT2D eigenvalue weighted by molar-refractivity contribution is -0.387. The first-order chi connectivity index (χ1) is 7.38. The highest BCUT2D eigenvalue weighted by atomic mass is 19.3. The third-order valence-electron chi connectivity index (χ3n) is 1.98. The smallest absolute Gasteiger partial charge is 0.282 e. The second-order valence-corrected chi connectivity index (χ2v) is 3.10. The van der Waals surface area contributed by atoms with Crippen LogP contribution in [0.3, 0.4) is 0 Å². The van der Waals surface area contributed by atoms with Crippen LogP contribution in [0.4, 0.5) is 18.9 Å². The summed E-state index contributed by atoms with van der Waals surface area (Å²) in [5.74, 6) is -4.61. The van der Waals surface area contributed by atoms with Crippen LogP contribution in [0.2, 0.25) is 0 Å². The van der Waals surface area contributed by atoms with Crippen LogP contribution in [0.1, 0.15) is 12.0 Å². The summed E-state index contributed by atoms with van der Waals surface area (Å²) in [6.07, 6.45) is -0.989. The van der Waals surface area contributed by atoms with Gasteiger partial charge < -0.3 is 5.11 Å². The molecule has 1 rings (SSSR count). The molecule has 0 aromatic heterocycles. The zero-order chi connectivity index (χ0) is 12.3. The largest absolute Gasteiger partial charge is 0.396 e. The van der Waals surface area contributed by atoms with E-state index in [9.17, 15) is 23.3 Å². The van der Waals surface area contributed by atoms with Crippen molar-refractivity contribution in [3.05, 3.63) is 39.7 Å². The molecule has 16 heavy (non-hydrogen) atoms. The van der Waals surface area contributed by atoms with Crippen LogP contribution in [0, 0.1) is 15.9 Å². The number of rotatable bonds is 4. The van der Waals surface area contributed by atoms with Crippen molar-refractivity contribution in [2.24, 2.45) is 0 Å². The van der Waals surface area contributed by atoms with Crippen molar-refractivity contribution >= 4 is 5.69 Å². The van der Waals surface area contributed by atoms with Gasteiger partial charge in [0, 0.05) is 19.1 Å². The van der Waals surface area contributed by atoms with Gasteiger partial charge in [-0.05, 0) is 12.1 Å². The average molecular weight is 235 g/mol. The fourth-order valence-corrected chi connectivity index (χ4v) is 1.24. The second-order valence-electron chi connectivity index (χ2n) is 3.10. The lowest BCUT2D eigenvalue weighted by Gasteiger charge is -2.15. The third-order valence-corrected chi connectivity index (χ3v) is 1.98. The molecule has 0 aliphatic carbocycles. The van der Waals surface area contributed by atoms with Crippen molar-refractivity contribution in [1.29, 1.82) is 0 Å². The predicted octanol–water partition coefficient (Wildman–Crippen LogP) is 2.21. The summed E-state index contributed by atoms with van der Waals surface area (Å²) in [5, 5.41) is 18.9. The van der Waals surface area contributed by atoms with Crippen molar-refractivity contribution in [2.45, 2.75) is 12.3 Å². The Morgan fingerprint density at radius 3 is 2.56 bits per heavy atom. The molecule has 0 aliphatic heterocycles. The van der Waals surface area contributed by atoms with E-state index in [0.29, 0.717) is 12.1 Å². The molecule has 4 nitrogen and oxygen atoms in total. The quantitative estimate of drug-likeness (QED) is 0.642. The summed E-state index contributed by atoms with van der Waals surface area (Å²) in [7, 11) is 0. The van der Waals surface area contributed by atoms with E-state index in [2.05, 4.69) is 0 Å². The normalized spacial score (nSPS) is 11.5. The van der Waals surface area contributed by atoms with Crippen molar-refractivity contribution < 1.29 is 23.2 Å². The lowest BCUT2D eigenvalue weighted by Crippen LogP contribution is -2.17. The Bertz CT molecular complexity index is 409.